The van der Waals surface area contributed by atoms with Gasteiger partial charge in [0.15, 0.2) is 9.84 Å². The molecule has 0 aliphatic rings. The van der Waals surface area contributed by atoms with E-state index in [2.05, 4.69) is 0 Å². The van der Waals surface area contributed by atoms with Crippen molar-refractivity contribution in [3.05, 3.63) is 52.9 Å². The summed E-state index contributed by atoms with van der Waals surface area (Å²) < 4.78 is 24.4. The molecule has 18 heavy (non-hydrogen) atoms. The first-order chi connectivity index (χ1) is 8.50. The molecule has 0 spiro atoms. The van der Waals surface area contributed by atoms with Crippen LogP contribution in [-0.2, 0) is 15.6 Å². The molecular weight excluding hydrogens is 272 g/mol. The third kappa shape index (κ3) is 2.60. The van der Waals surface area contributed by atoms with E-state index in [0.717, 1.165) is 11.3 Å². The summed E-state index contributed by atoms with van der Waals surface area (Å²) in [4.78, 5) is 11.0. The van der Waals surface area contributed by atoms with Crippen LogP contribution in [0.3, 0.4) is 0 Å². The van der Waals surface area contributed by atoms with E-state index in [-0.39, 0.29) is 15.5 Å². The molecule has 0 saturated carbocycles. The standard InChI is InChI=1S/C12H10O4S2/c13-12(14)10-5-2-1-4-9(10)8-18(15,16)11-6-3-7-17-11/h1-7H,8H2,(H,13,14). The van der Waals surface area contributed by atoms with Gasteiger partial charge in [0.1, 0.15) is 4.21 Å². The number of hydrogen-bond acceptors (Lipinski definition) is 4. The number of carboxylic acid groups (broad SMARTS) is 1. The molecule has 0 saturated heterocycles. The van der Waals surface area contributed by atoms with Gasteiger partial charge in [0.2, 0.25) is 0 Å². The first kappa shape index (κ1) is 12.8. The highest BCUT2D eigenvalue weighted by Gasteiger charge is 2.19. The number of thiophene rings is 1. The summed E-state index contributed by atoms with van der Waals surface area (Å²) in [6.45, 7) is 0. The van der Waals surface area contributed by atoms with Gasteiger partial charge >= 0.3 is 5.97 Å². The van der Waals surface area contributed by atoms with Gasteiger partial charge in [-0.3, -0.25) is 0 Å². The molecule has 0 aliphatic heterocycles. The van der Waals surface area contributed by atoms with E-state index in [4.69, 9.17) is 5.11 Å². The maximum absolute atomic E-state index is 12.1. The average Bonchev–Trinajstić information content (AvgIpc) is 2.83. The van der Waals surface area contributed by atoms with E-state index in [1.165, 1.54) is 18.2 Å². The lowest BCUT2D eigenvalue weighted by Crippen LogP contribution is -2.08. The van der Waals surface area contributed by atoms with Crippen molar-refractivity contribution in [3.8, 4) is 0 Å². The normalized spacial score (nSPS) is 11.3. The second-order valence-corrected chi connectivity index (χ2v) is 6.82. The lowest BCUT2D eigenvalue weighted by atomic mass is 10.1. The molecule has 4 nitrogen and oxygen atoms in total. The molecule has 0 aliphatic carbocycles. The quantitative estimate of drug-likeness (QED) is 0.934. The van der Waals surface area contributed by atoms with E-state index in [9.17, 15) is 13.2 Å². The molecular formula is C12H10O4S2. The highest BCUT2D eigenvalue weighted by atomic mass is 32.2. The molecule has 1 N–H and O–H groups in total. The van der Waals surface area contributed by atoms with Crippen molar-refractivity contribution in [1.82, 2.24) is 0 Å². The summed E-state index contributed by atoms with van der Waals surface area (Å²) in [5, 5.41) is 10.7. The van der Waals surface area contributed by atoms with Crippen molar-refractivity contribution in [2.75, 3.05) is 0 Å². The van der Waals surface area contributed by atoms with Crippen LogP contribution in [0.4, 0.5) is 0 Å². The molecule has 1 heterocycles. The Balaban J connectivity index is 2.39. The highest BCUT2D eigenvalue weighted by Crippen LogP contribution is 2.22. The second kappa shape index (κ2) is 4.91. The third-order valence-corrected chi connectivity index (χ3v) is 5.55. The largest absolute Gasteiger partial charge is 0.478 e. The van der Waals surface area contributed by atoms with Crippen LogP contribution in [0.25, 0.3) is 0 Å². The predicted octanol–water partition coefficient (Wildman–Crippen LogP) is 2.42. The second-order valence-electron chi connectivity index (χ2n) is 3.65. The van der Waals surface area contributed by atoms with Gasteiger partial charge in [-0.2, -0.15) is 0 Å². The van der Waals surface area contributed by atoms with Crippen LogP contribution in [0.15, 0.2) is 46.0 Å². The molecule has 94 valence electrons. The zero-order valence-electron chi connectivity index (χ0n) is 9.24. The molecule has 0 amide bonds. The molecule has 0 fully saturated rings. The van der Waals surface area contributed by atoms with Gasteiger partial charge < -0.3 is 5.11 Å². The summed E-state index contributed by atoms with van der Waals surface area (Å²) in [5.41, 5.74) is 0.330. The summed E-state index contributed by atoms with van der Waals surface area (Å²) in [6, 6.07) is 9.30. The van der Waals surface area contributed by atoms with Crippen molar-refractivity contribution in [2.24, 2.45) is 0 Å². The average molecular weight is 282 g/mol. The summed E-state index contributed by atoms with van der Waals surface area (Å²) >= 11 is 1.13. The van der Waals surface area contributed by atoms with Crippen molar-refractivity contribution in [1.29, 1.82) is 0 Å². The Labute approximate surface area is 108 Å². The minimum absolute atomic E-state index is 0.0256. The zero-order chi connectivity index (χ0) is 13.2. The fourth-order valence-corrected chi connectivity index (χ4v) is 4.04. The van der Waals surface area contributed by atoms with E-state index < -0.39 is 15.8 Å². The first-order valence-electron chi connectivity index (χ1n) is 5.08. The summed E-state index contributed by atoms with van der Waals surface area (Å²) in [5.74, 6) is -1.41. The lowest BCUT2D eigenvalue weighted by Gasteiger charge is -2.05. The number of hydrogen-bond donors (Lipinski definition) is 1. The summed E-state index contributed by atoms with van der Waals surface area (Å²) in [7, 11) is -3.47. The molecule has 1 aromatic heterocycles. The van der Waals surface area contributed by atoms with Crippen LogP contribution >= 0.6 is 11.3 Å². The van der Waals surface area contributed by atoms with E-state index >= 15 is 0 Å². The van der Waals surface area contributed by atoms with Crippen LogP contribution in [0.2, 0.25) is 0 Å². The van der Waals surface area contributed by atoms with Gasteiger partial charge in [0, 0.05) is 0 Å². The maximum Gasteiger partial charge on any atom is 0.335 e. The topological polar surface area (TPSA) is 71.4 Å². The van der Waals surface area contributed by atoms with Crippen LogP contribution in [0.5, 0.6) is 0 Å². The van der Waals surface area contributed by atoms with Crippen molar-refractivity contribution < 1.29 is 18.3 Å². The number of carbonyl (C=O) groups is 1. The molecule has 2 aromatic rings. The molecule has 0 bridgehead atoms. The number of carboxylic acids is 1. The Morgan fingerprint density at radius 1 is 1.17 bits per heavy atom. The molecule has 1 aromatic carbocycles. The predicted molar refractivity (Wildman–Crippen MR) is 68.6 cm³/mol. The highest BCUT2D eigenvalue weighted by molar-refractivity contribution is 7.92. The number of benzene rings is 1. The molecule has 0 radical (unpaired) electrons. The SMILES string of the molecule is O=C(O)c1ccccc1CS(=O)(=O)c1cccs1. The Bertz CT molecular complexity index is 657. The molecule has 6 heteroatoms. The van der Waals surface area contributed by atoms with Gasteiger partial charge in [0.25, 0.3) is 0 Å². The first-order valence-corrected chi connectivity index (χ1v) is 7.61. The minimum Gasteiger partial charge on any atom is -0.478 e. The summed E-state index contributed by atoms with van der Waals surface area (Å²) in [6.07, 6.45) is 0. The van der Waals surface area contributed by atoms with Crippen LogP contribution in [0.1, 0.15) is 15.9 Å². The Kier molecular flexibility index (Phi) is 3.49. The van der Waals surface area contributed by atoms with Crippen LogP contribution < -0.4 is 0 Å². The lowest BCUT2D eigenvalue weighted by molar-refractivity contribution is 0.0696. The van der Waals surface area contributed by atoms with Crippen LogP contribution in [-0.4, -0.2) is 19.5 Å². The Morgan fingerprint density at radius 3 is 2.50 bits per heavy atom. The smallest absolute Gasteiger partial charge is 0.335 e. The Hall–Kier alpha value is -1.66. The molecule has 0 unspecified atom stereocenters. The molecule has 0 atom stereocenters. The van der Waals surface area contributed by atoms with Gasteiger partial charge in [-0.25, -0.2) is 13.2 Å². The monoisotopic (exact) mass is 282 g/mol. The minimum atomic E-state index is -3.47. The Morgan fingerprint density at radius 2 is 1.89 bits per heavy atom. The maximum atomic E-state index is 12.1. The number of rotatable bonds is 4. The number of aromatic carboxylic acids is 1. The van der Waals surface area contributed by atoms with E-state index in [1.807, 2.05) is 0 Å². The van der Waals surface area contributed by atoms with Crippen molar-refractivity contribution >= 4 is 27.1 Å². The van der Waals surface area contributed by atoms with Gasteiger partial charge in [-0.1, -0.05) is 24.3 Å². The van der Waals surface area contributed by atoms with Gasteiger partial charge in [-0.15, -0.1) is 11.3 Å². The van der Waals surface area contributed by atoms with E-state index in [0.29, 0.717) is 5.56 Å². The van der Waals surface area contributed by atoms with Crippen molar-refractivity contribution in [3.63, 3.8) is 0 Å². The number of sulfone groups is 1. The van der Waals surface area contributed by atoms with Crippen LogP contribution in [0, 0.1) is 0 Å². The third-order valence-electron chi connectivity index (χ3n) is 2.39. The van der Waals surface area contributed by atoms with Gasteiger partial charge in [-0.05, 0) is 23.1 Å². The van der Waals surface area contributed by atoms with E-state index in [1.54, 1.807) is 23.6 Å². The van der Waals surface area contributed by atoms with Crippen molar-refractivity contribution in [2.45, 2.75) is 9.96 Å². The zero-order valence-corrected chi connectivity index (χ0v) is 10.9. The fourth-order valence-electron chi connectivity index (χ4n) is 1.57. The fraction of sp³-hybridized carbons (Fsp3) is 0.0833. The molecule has 2 rings (SSSR count). The van der Waals surface area contributed by atoms with Gasteiger partial charge in [0.05, 0.1) is 11.3 Å².